The van der Waals surface area contributed by atoms with Crippen molar-refractivity contribution >= 4 is 57.9 Å². The van der Waals surface area contributed by atoms with Gasteiger partial charge in [-0.25, -0.2) is 4.79 Å². The summed E-state index contributed by atoms with van der Waals surface area (Å²) in [7, 11) is 1.45. The number of nitrogens with zero attached hydrogens (tertiary/aromatic N) is 2. The highest BCUT2D eigenvalue weighted by atomic mass is 35.5. The van der Waals surface area contributed by atoms with Crippen LogP contribution in [0.2, 0.25) is 5.02 Å². The number of rotatable bonds is 15. The van der Waals surface area contributed by atoms with Gasteiger partial charge < -0.3 is 24.1 Å². The normalized spacial score (nSPS) is 15.8. The predicted octanol–water partition coefficient (Wildman–Crippen LogP) is 7.26. The number of methoxy groups -OCH3 is 1. The van der Waals surface area contributed by atoms with Gasteiger partial charge in [0.15, 0.2) is 11.5 Å². The van der Waals surface area contributed by atoms with E-state index in [-0.39, 0.29) is 18.1 Å². The average Bonchev–Trinajstić information content (AvgIpc) is 3.68. The number of amides is 1. The molecule has 0 atom stereocenters. The molecule has 0 saturated carbocycles. The van der Waals surface area contributed by atoms with Gasteiger partial charge in [0.05, 0.1) is 35.8 Å². The van der Waals surface area contributed by atoms with Crippen molar-refractivity contribution in [2.75, 3.05) is 53.1 Å². The van der Waals surface area contributed by atoms with Crippen molar-refractivity contribution in [3.05, 3.63) is 75.7 Å². The number of carbonyl (C=O) groups is 2. The lowest BCUT2D eigenvalue weighted by Gasteiger charge is -2.17. The lowest BCUT2D eigenvalue weighted by atomic mass is 10.0. The van der Waals surface area contributed by atoms with Crippen LogP contribution in [0, 0.1) is 0 Å². The van der Waals surface area contributed by atoms with Gasteiger partial charge in [0, 0.05) is 18.7 Å². The van der Waals surface area contributed by atoms with Gasteiger partial charge in [0.2, 0.25) is 0 Å². The van der Waals surface area contributed by atoms with Crippen LogP contribution in [0.25, 0.3) is 17.2 Å². The lowest BCUT2D eigenvalue weighted by Crippen LogP contribution is -2.30. The highest BCUT2D eigenvalue weighted by Gasteiger charge is 2.32. The van der Waals surface area contributed by atoms with Crippen molar-refractivity contribution in [3.63, 3.8) is 0 Å². The van der Waals surface area contributed by atoms with E-state index in [1.165, 1.54) is 43.8 Å². The van der Waals surface area contributed by atoms with Gasteiger partial charge in [-0.2, -0.15) is 0 Å². The summed E-state index contributed by atoms with van der Waals surface area (Å²) in [5.41, 5.74) is 2.72. The zero-order valence-electron chi connectivity index (χ0n) is 26.3. The fourth-order valence-corrected chi connectivity index (χ4v) is 6.91. The quantitative estimate of drug-likeness (QED) is 0.0994. The Labute approximate surface area is 289 Å². The van der Waals surface area contributed by atoms with Gasteiger partial charge in [0.1, 0.15) is 22.4 Å². The van der Waals surface area contributed by atoms with Crippen LogP contribution in [-0.4, -0.2) is 84.2 Å². The first-order chi connectivity index (χ1) is 22.8. The Morgan fingerprint density at radius 3 is 2.34 bits per heavy atom. The van der Waals surface area contributed by atoms with Gasteiger partial charge in [-0.15, -0.1) is 0 Å². The van der Waals surface area contributed by atoms with Crippen molar-refractivity contribution in [1.82, 2.24) is 9.80 Å². The molecule has 0 bridgehead atoms. The van der Waals surface area contributed by atoms with Gasteiger partial charge in [-0.3, -0.25) is 14.6 Å². The molecule has 12 heteroatoms. The van der Waals surface area contributed by atoms with E-state index in [2.05, 4.69) is 4.90 Å². The monoisotopic (exact) mass is 696 g/mol. The second kappa shape index (κ2) is 16.4. The number of likely N-dealkylation sites (tertiary alicyclic amines) is 1. The van der Waals surface area contributed by atoms with E-state index in [0.717, 1.165) is 36.3 Å². The summed E-state index contributed by atoms with van der Waals surface area (Å²) in [4.78, 5) is 29.3. The average molecular weight is 697 g/mol. The summed E-state index contributed by atoms with van der Waals surface area (Å²) < 4.78 is 23.4. The summed E-state index contributed by atoms with van der Waals surface area (Å²) in [5.74, 6) is 0.836. The van der Waals surface area contributed by atoms with Crippen LogP contribution in [0.1, 0.15) is 42.1 Å². The van der Waals surface area contributed by atoms with Crippen LogP contribution in [0.5, 0.6) is 23.0 Å². The van der Waals surface area contributed by atoms with Crippen LogP contribution in [0.15, 0.2) is 59.5 Å². The molecule has 3 aromatic rings. The topological polar surface area (TPSA) is 97.8 Å². The highest BCUT2D eigenvalue weighted by molar-refractivity contribution is 8.26. The fraction of sp³-hybridized carbons (Fsp3) is 0.343. The molecule has 1 amide bonds. The molecular weight excluding hydrogens is 660 g/mol. The van der Waals surface area contributed by atoms with Crippen LogP contribution in [0.4, 0.5) is 0 Å². The largest absolute Gasteiger partial charge is 0.493 e. The van der Waals surface area contributed by atoms with E-state index in [9.17, 15) is 14.7 Å². The number of thioether (sulfide) groups is 1. The minimum absolute atomic E-state index is 0.104. The molecule has 248 valence electrons. The van der Waals surface area contributed by atoms with E-state index >= 15 is 0 Å². The Bertz CT molecular complexity index is 1660. The first-order valence-electron chi connectivity index (χ1n) is 15.5. The first-order valence-corrected chi connectivity index (χ1v) is 17.1. The summed E-state index contributed by atoms with van der Waals surface area (Å²) in [6.45, 7) is 6.64. The molecule has 2 aliphatic heterocycles. The van der Waals surface area contributed by atoms with Gasteiger partial charge >= 0.3 is 5.97 Å². The first kappa shape index (κ1) is 34.6. The molecule has 0 spiro atoms. The maximum Gasteiger partial charge on any atom is 0.335 e. The molecule has 47 heavy (non-hydrogen) atoms. The maximum absolute atomic E-state index is 13.5. The smallest absolute Gasteiger partial charge is 0.335 e. The Balaban J connectivity index is 1.30. The van der Waals surface area contributed by atoms with E-state index in [1.807, 2.05) is 49.4 Å². The van der Waals surface area contributed by atoms with Crippen molar-refractivity contribution in [1.29, 1.82) is 0 Å². The number of halogens is 1. The maximum atomic E-state index is 13.5. The van der Waals surface area contributed by atoms with Crippen molar-refractivity contribution < 1.29 is 33.6 Å². The van der Waals surface area contributed by atoms with Crippen LogP contribution in [-0.2, 0) is 4.79 Å². The summed E-state index contributed by atoms with van der Waals surface area (Å²) in [5, 5.41) is 9.75. The molecule has 2 heterocycles. The Hall–Kier alpha value is -3.77. The van der Waals surface area contributed by atoms with Crippen LogP contribution < -0.4 is 18.9 Å². The molecule has 2 fully saturated rings. The van der Waals surface area contributed by atoms with Crippen LogP contribution in [0.3, 0.4) is 0 Å². The molecule has 5 rings (SSSR count). The fourth-order valence-electron chi connectivity index (χ4n) is 5.37. The Morgan fingerprint density at radius 2 is 1.64 bits per heavy atom. The molecule has 2 aliphatic rings. The molecular formula is C35H37ClN2O7S2. The molecule has 3 aromatic carbocycles. The number of benzene rings is 3. The number of hydrogen-bond acceptors (Lipinski definition) is 9. The Kier molecular flexibility index (Phi) is 12.0. The third-order valence-electron chi connectivity index (χ3n) is 7.79. The molecule has 0 radical (unpaired) electrons. The predicted molar refractivity (Wildman–Crippen MR) is 189 cm³/mol. The molecule has 0 unspecified atom stereocenters. The number of ether oxygens (including phenoxy) is 4. The minimum Gasteiger partial charge on any atom is -0.493 e. The Morgan fingerprint density at radius 1 is 0.936 bits per heavy atom. The van der Waals surface area contributed by atoms with E-state index in [4.69, 9.17) is 42.8 Å². The van der Waals surface area contributed by atoms with Crippen LogP contribution >= 0.6 is 35.6 Å². The molecule has 9 nitrogen and oxygen atoms in total. The molecule has 1 N–H and O–H groups in total. The number of hydrogen-bond donors (Lipinski definition) is 1. The van der Waals surface area contributed by atoms with E-state index in [0.29, 0.717) is 63.4 Å². The molecule has 0 aliphatic carbocycles. The number of aromatic carboxylic acids is 1. The summed E-state index contributed by atoms with van der Waals surface area (Å²) >= 11 is 13.3. The zero-order chi connectivity index (χ0) is 33.3. The molecule has 0 aromatic heterocycles. The van der Waals surface area contributed by atoms with Gasteiger partial charge in [0.25, 0.3) is 5.91 Å². The van der Waals surface area contributed by atoms with Gasteiger partial charge in [-0.05, 0) is 98.9 Å². The molecule has 2 saturated heterocycles. The van der Waals surface area contributed by atoms with E-state index in [1.54, 1.807) is 11.0 Å². The lowest BCUT2D eigenvalue weighted by molar-refractivity contribution is -0.122. The zero-order valence-corrected chi connectivity index (χ0v) is 28.7. The third-order valence-corrected chi connectivity index (χ3v) is 9.47. The number of thiocarbonyl (C=S) groups is 1. The van der Waals surface area contributed by atoms with Crippen molar-refractivity contribution in [2.45, 2.75) is 26.2 Å². The number of carboxylic acids is 1. The third kappa shape index (κ3) is 8.78. The second-order valence-electron chi connectivity index (χ2n) is 10.9. The SMILES string of the molecule is CCOc1ccc(-c2ccc(OCCN3CCCC3)c(C=C3SC(=S)N(CCCOc4ccc(C(=O)O)cc4OC)C3=O)c2)cc1Cl. The van der Waals surface area contributed by atoms with E-state index < -0.39 is 5.97 Å². The van der Waals surface area contributed by atoms with Crippen molar-refractivity contribution in [2.24, 2.45) is 0 Å². The number of carboxylic acid groups (broad SMARTS) is 1. The minimum atomic E-state index is -1.05. The standard InChI is InChI=1S/C35H37ClN2O7S2/c1-3-43-29-11-8-24(20-27(29)36)23-7-10-28(45-18-16-37-13-4-5-14-37)26(19-23)22-32-33(39)38(35(46)47-32)15-6-17-44-30-12-9-25(34(40)41)21-31(30)42-2/h7-12,19-22H,3-6,13-18H2,1-2H3,(H,40,41). The van der Waals surface area contributed by atoms with Crippen molar-refractivity contribution in [3.8, 4) is 34.1 Å². The summed E-state index contributed by atoms with van der Waals surface area (Å²) in [6.07, 6.45) is 4.78. The summed E-state index contributed by atoms with van der Waals surface area (Å²) in [6, 6.07) is 16.0. The van der Waals surface area contributed by atoms with Gasteiger partial charge in [-0.1, -0.05) is 47.7 Å². The second-order valence-corrected chi connectivity index (χ2v) is 13.0. The highest BCUT2D eigenvalue weighted by Crippen LogP contribution is 2.37. The number of carbonyl (C=O) groups excluding carboxylic acids is 1.